The maximum absolute atomic E-state index is 13.6. The van der Waals surface area contributed by atoms with E-state index < -0.39 is 18.1 Å². The van der Waals surface area contributed by atoms with Gasteiger partial charge in [-0.3, -0.25) is 14.4 Å². The number of rotatable bonds is 5. The van der Waals surface area contributed by atoms with Crippen molar-refractivity contribution in [3.05, 3.63) is 63.2 Å². The predicted molar refractivity (Wildman–Crippen MR) is 164 cm³/mol. The second-order valence-corrected chi connectivity index (χ2v) is 12.4. The van der Waals surface area contributed by atoms with Crippen molar-refractivity contribution in [3.63, 3.8) is 0 Å². The van der Waals surface area contributed by atoms with Crippen molar-refractivity contribution in [1.29, 1.82) is 0 Å². The summed E-state index contributed by atoms with van der Waals surface area (Å²) in [7, 11) is 0. The molecule has 1 fully saturated rings. The minimum absolute atomic E-state index is 0.155. The molecule has 4 rings (SSSR count). The third-order valence-electron chi connectivity index (χ3n) is 7.46. The van der Waals surface area contributed by atoms with Crippen LogP contribution in [-0.4, -0.2) is 55.5 Å². The first-order valence-corrected chi connectivity index (χ1v) is 15.4. The summed E-state index contributed by atoms with van der Waals surface area (Å²) in [6, 6.07) is 14.1. The number of halogens is 1. The number of carbonyl (C=O) groups excluding carboxylic acids is 3. The summed E-state index contributed by atoms with van der Waals surface area (Å²) in [5, 5.41) is 12.3. The molecule has 1 saturated carbocycles. The Labute approximate surface area is 250 Å². The number of fused-ring (bicyclic) bond motifs is 1. The van der Waals surface area contributed by atoms with E-state index in [0.717, 1.165) is 46.1 Å². The number of amides is 3. The lowest BCUT2D eigenvalue weighted by atomic mass is 10.00. The van der Waals surface area contributed by atoms with Gasteiger partial charge in [-0.25, -0.2) is 0 Å². The molecule has 0 radical (unpaired) electrons. The first kappa shape index (κ1) is 30.3. The average Bonchev–Trinajstić information content (AvgIpc) is 3.76. The summed E-state index contributed by atoms with van der Waals surface area (Å²) in [5.74, 6) is 0.366. The molecule has 4 N–H and O–H groups in total. The Morgan fingerprint density at radius 1 is 0.900 bits per heavy atom. The third kappa shape index (κ3) is 9.19. The van der Waals surface area contributed by atoms with E-state index in [2.05, 4.69) is 43.9 Å². The summed E-state index contributed by atoms with van der Waals surface area (Å²) in [6.45, 7) is 5.17. The molecule has 1 heterocycles. The van der Waals surface area contributed by atoms with Crippen LogP contribution in [0.25, 0.3) is 0 Å². The molecule has 1 aliphatic carbocycles. The van der Waals surface area contributed by atoms with Crippen LogP contribution in [0.4, 0.5) is 0 Å². The molecule has 40 heavy (non-hydrogen) atoms. The molecule has 8 nitrogen and oxygen atoms in total. The van der Waals surface area contributed by atoms with Crippen molar-refractivity contribution in [1.82, 2.24) is 21.3 Å². The van der Waals surface area contributed by atoms with Crippen LogP contribution in [0.5, 0.6) is 5.75 Å². The molecule has 9 heteroatoms. The van der Waals surface area contributed by atoms with Gasteiger partial charge in [0.1, 0.15) is 24.4 Å². The monoisotopic (exact) mass is 660 g/mol. The molecule has 1 aliphatic heterocycles. The Morgan fingerprint density at radius 3 is 2.38 bits per heavy atom. The Kier molecular flexibility index (Phi) is 11.2. The highest BCUT2D eigenvalue weighted by Gasteiger charge is 2.34. The summed E-state index contributed by atoms with van der Waals surface area (Å²) in [6.07, 6.45) is 4.76. The Hall–Kier alpha value is -2.66. The molecule has 0 aromatic heterocycles. The molecule has 2 aromatic carbocycles. The van der Waals surface area contributed by atoms with Crippen molar-refractivity contribution in [2.45, 2.75) is 70.5 Å². The Morgan fingerprint density at radius 2 is 1.65 bits per heavy atom. The van der Waals surface area contributed by atoms with Gasteiger partial charge in [0, 0.05) is 16.7 Å². The highest BCUT2D eigenvalue weighted by molar-refractivity contribution is 14.1. The summed E-state index contributed by atoms with van der Waals surface area (Å²) < 4.78 is 7.22. The molecule has 216 valence electrons. The molecule has 0 unspecified atom stereocenters. The van der Waals surface area contributed by atoms with Crippen LogP contribution in [0.3, 0.4) is 0 Å². The van der Waals surface area contributed by atoms with Gasteiger partial charge in [0.15, 0.2) is 0 Å². The lowest BCUT2D eigenvalue weighted by molar-refractivity contribution is -0.133. The van der Waals surface area contributed by atoms with Crippen LogP contribution >= 0.6 is 22.6 Å². The number of hydrogen-bond acceptors (Lipinski definition) is 5. The quantitative estimate of drug-likeness (QED) is 0.368. The van der Waals surface area contributed by atoms with Crippen molar-refractivity contribution in [2.24, 2.45) is 11.8 Å². The van der Waals surface area contributed by atoms with Crippen LogP contribution in [0.15, 0.2) is 48.5 Å². The van der Waals surface area contributed by atoms with Crippen molar-refractivity contribution >= 4 is 40.3 Å². The number of aryl methyl sites for hydroxylation is 1. The van der Waals surface area contributed by atoms with Gasteiger partial charge in [-0.1, -0.05) is 57.0 Å². The number of carbonyl (C=O) groups is 3. The number of para-hydroxylation sites is 1. The lowest BCUT2D eigenvalue weighted by Crippen LogP contribution is -2.58. The molecule has 0 saturated heterocycles. The van der Waals surface area contributed by atoms with Gasteiger partial charge in [-0.05, 0) is 89.4 Å². The van der Waals surface area contributed by atoms with Gasteiger partial charge in [-0.2, -0.15) is 0 Å². The standard InChI is InChI=1S/C31H41IN4O4/c1-20(2)28-31(39)35-26(19-21-9-10-21)29(37)34-15-5-7-23-6-3-4-8-27(23)40-17-16-33-25(30(38)36-28)18-22-11-13-24(32)14-12-22/h3-4,6,8,11-14,20-21,25-26,28,33H,5,7,9-10,15-19H2,1-2H3,(H,34,37)(H,35,39)(H,36,38)/t25-,26+,28-/m1/s1. The zero-order valence-electron chi connectivity index (χ0n) is 23.4. The van der Waals surface area contributed by atoms with Gasteiger partial charge in [0.05, 0.1) is 6.04 Å². The van der Waals surface area contributed by atoms with Gasteiger partial charge in [-0.15, -0.1) is 0 Å². The van der Waals surface area contributed by atoms with E-state index in [-0.39, 0.29) is 23.6 Å². The highest BCUT2D eigenvalue weighted by atomic mass is 127. The molecule has 2 aromatic rings. The van der Waals surface area contributed by atoms with E-state index in [1.54, 1.807) is 0 Å². The lowest BCUT2D eigenvalue weighted by Gasteiger charge is -2.27. The number of ether oxygens (including phenoxy) is 1. The summed E-state index contributed by atoms with van der Waals surface area (Å²) >= 11 is 2.26. The molecular weight excluding hydrogens is 619 g/mol. The highest BCUT2D eigenvalue weighted by Crippen LogP contribution is 2.33. The van der Waals surface area contributed by atoms with E-state index in [0.29, 0.717) is 38.5 Å². The normalized spacial score (nSPS) is 23.6. The van der Waals surface area contributed by atoms with Crippen LogP contribution in [0.2, 0.25) is 0 Å². The minimum Gasteiger partial charge on any atom is -0.492 e. The predicted octanol–water partition coefficient (Wildman–Crippen LogP) is 3.36. The first-order valence-electron chi connectivity index (χ1n) is 14.4. The minimum atomic E-state index is -0.759. The number of nitrogens with one attached hydrogen (secondary N) is 4. The van der Waals surface area contributed by atoms with Gasteiger partial charge in [0.2, 0.25) is 17.7 Å². The Balaban J connectivity index is 1.55. The molecule has 3 amide bonds. The average molecular weight is 661 g/mol. The molecule has 2 aliphatic rings. The fraction of sp³-hybridized carbons (Fsp3) is 0.516. The number of benzene rings is 2. The van der Waals surface area contributed by atoms with Gasteiger partial charge in [0.25, 0.3) is 0 Å². The molecule has 0 bridgehead atoms. The maximum Gasteiger partial charge on any atom is 0.243 e. The van der Waals surface area contributed by atoms with Gasteiger partial charge >= 0.3 is 0 Å². The maximum atomic E-state index is 13.6. The SMILES string of the molecule is CC(C)[C@H]1NC(=O)[C@@H](Cc2ccc(I)cc2)NCCOc2ccccc2CCCNC(=O)[C@H](CC2CC2)NC1=O. The topological polar surface area (TPSA) is 109 Å². The van der Waals surface area contributed by atoms with E-state index in [9.17, 15) is 14.4 Å². The summed E-state index contributed by atoms with van der Waals surface area (Å²) in [5.41, 5.74) is 2.10. The van der Waals surface area contributed by atoms with Crippen LogP contribution in [0, 0.1) is 15.4 Å². The van der Waals surface area contributed by atoms with Crippen molar-refractivity contribution in [2.75, 3.05) is 19.7 Å². The Bertz CT molecular complexity index is 1150. The summed E-state index contributed by atoms with van der Waals surface area (Å²) in [4.78, 5) is 40.2. The molecule has 0 spiro atoms. The molecule has 3 atom stereocenters. The zero-order valence-corrected chi connectivity index (χ0v) is 25.5. The van der Waals surface area contributed by atoms with E-state index in [1.807, 2.05) is 62.4 Å². The third-order valence-corrected chi connectivity index (χ3v) is 8.18. The second-order valence-electron chi connectivity index (χ2n) is 11.2. The smallest absolute Gasteiger partial charge is 0.243 e. The first-order chi connectivity index (χ1) is 19.3. The fourth-order valence-corrected chi connectivity index (χ4v) is 5.30. The van der Waals surface area contributed by atoms with Gasteiger partial charge < -0.3 is 26.0 Å². The van der Waals surface area contributed by atoms with Crippen molar-refractivity contribution in [3.8, 4) is 5.75 Å². The van der Waals surface area contributed by atoms with Crippen LogP contribution < -0.4 is 26.0 Å². The van der Waals surface area contributed by atoms with Crippen LogP contribution in [-0.2, 0) is 27.2 Å². The number of hydrogen-bond donors (Lipinski definition) is 4. The fourth-order valence-electron chi connectivity index (χ4n) is 4.94. The van der Waals surface area contributed by atoms with E-state index >= 15 is 0 Å². The van der Waals surface area contributed by atoms with E-state index in [1.165, 1.54) is 0 Å². The van der Waals surface area contributed by atoms with Crippen molar-refractivity contribution < 1.29 is 19.1 Å². The van der Waals surface area contributed by atoms with Crippen LogP contribution in [0.1, 0.15) is 50.7 Å². The molecular formula is C31H41IN4O4. The van der Waals surface area contributed by atoms with E-state index in [4.69, 9.17) is 4.74 Å². The second kappa shape index (κ2) is 14.8. The zero-order chi connectivity index (χ0) is 28.5. The largest absolute Gasteiger partial charge is 0.492 e.